The third kappa shape index (κ3) is 3.08. The minimum absolute atomic E-state index is 0.0998. The molecule has 4 nitrogen and oxygen atoms in total. The molecule has 0 aromatic carbocycles. The van der Waals surface area contributed by atoms with Gasteiger partial charge in [-0.2, -0.15) is 4.98 Å². The Labute approximate surface area is 104 Å². The lowest BCUT2D eigenvalue weighted by Crippen LogP contribution is -2.41. The SMILES string of the molecule is CCNc1ncc(C)c(N(C)C(C)(C)CC)n1. The molecule has 0 amide bonds. The van der Waals surface area contributed by atoms with E-state index in [1.165, 1.54) is 0 Å². The topological polar surface area (TPSA) is 41.1 Å². The summed E-state index contributed by atoms with van der Waals surface area (Å²) in [5.41, 5.74) is 1.21. The van der Waals surface area contributed by atoms with Crippen LogP contribution in [0.15, 0.2) is 6.20 Å². The predicted molar refractivity (Wildman–Crippen MR) is 73.7 cm³/mol. The number of nitrogens with one attached hydrogen (secondary N) is 1. The smallest absolute Gasteiger partial charge is 0.224 e. The molecule has 0 aliphatic rings. The molecular weight excluding hydrogens is 212 g/mol. The van der Waals surface area contributed by atoms with E-state index >= 15 is 0 Å². The van der Waals surface area contributed by atoms with E-state index in [4.69, 9.17) is 0 Å². The number of hydrogen-bond donors (Lipinski definition) is 1. The lowest BCUT2D eigenvalue weighted by atomic mass is 9.99. The fraction of sp³-hybridized carbons (Fsp3) is 0.692. The standard InChI is InChI=1S/C13H24N4/c1-7-13(4,5)17(6)11-10(3)9-15-12(16-11)14-8-2/h9H,7-8H2,1-6H3,(H,14,15,16). The first-order valence-corrected chi connectivity index (χ1v) is 6.23. The minimum atomic E-state index is 0.0998. The molecule has 0 radical (unpaired) electrons. The Hall–Kier alpha value is -1.32. The van der Waals surface area contributed by atoms with Crippen LogP contribution in [0, 0.1) is 6.92 Å². The molecule has 96 valence electrons. The van der Waals surface area contributed by atoms with Gasteiger partial charge in [-0.1, -0.05) is 6.92 Å². The van der Waals surface area contributed by atoms with Gasteiger partial charge in [0.25, 0.3) is 0 Å². The van der Waals surface area contributed by atoms with E-state index in [-0.39, 0.29) is 5.54 Å². The van der Waals surface area contributed by atoms with Crippen molar-refractivity contribution in [2.75, 3.05) is 23.8 Å². The minimum Gasteiger partial charge on any atom is -0.354 e. The van der Waals surface area contributed by atoms with Crippen LogP contribution in [0.1, 0.15) is 39.7 Å². The second-order valence-electron chi connectivity index (χ2n) is 4.96. The average Bonchev–Trinajstić information content (AvgIpc) is 2.31. The highest BCUT2D eigenvalue weighted by Crippen LogP contribution is 2.26. The normalized spacial score (nSPS) is 11.4. The summed E-state index contributed by atoms with van der Waals surface area (Å²) in [5.74, 6) is 1.70. The van der Waals surface area contributed by atoms with E-state index in [1.54, 1.807) is 0 Å². The van der Waals surface area contributed by atoms with Crippen molar-refractivity contribution in [3.05, 3.63) is 11.8 Å². The van der Waals surface area contributed by atoms with Gasteiger partial charge in [0.2, 0.25) is 5.95 Å². The number of anilines is 2. The number of nitrogens with zero attached hydrogens (tertiary/aromatic N) is 3. The summed E-state index contributed by atoms with van der Waals surface area (Å²) >= 11 is 0. The number of rotatable bonds is 5. The van der Waals surface area contributed by atoms with Crippen molar-refractivity contribution in [1.82, 2.24) is 9.97 Å². The maximum atomic E-state index is 4.58. The molecule has 0 unspecified atom stereocenters. The van der Waals surface area contributed by atoms with Crippen LogP contribution in [0.5, 0.6) is 0 Å². The molecule has 1 aromatic rings. The van der Waals surface area contributed by atoms with E-state index < -0.39 is 0 Å². The molecule has 0 saturated carbocycles. The first-order valence-electron chi connectivity index (χ1n) is 6.23. The van der Waals surface area contributed by atoms with Crippen LogP contribution in [0.25, 0.3) is 0 Å². The lowest BCUT2D eigenvalue weighted by molar-refractivity contribution is 0.466. The van der Waals surface area contributed by atoms with Gasteiger partial charge in [-0.3, -0.25) is 0 Å². The maximum Gasteiger partial charge on any atom is 0.224 e. The lowest BCUT2D eigenvalue weighted by Gasteiger charge is -2.36. The number of aromatic nitrogens is 2. The third-order valence-corrected chi connectivity index (χ3v) is 3.37. The molecular formula is C13H24N4. The van der Waals surface area contributed by atoms with E-state index in [0.29, 0.717) is 5.95 Å². The fourth-order valence-electron chi connectivity index (χ4n) is 1.54. The summed E-state index contributed by atoms with van der Waals surface area (Å²) in [4.78, 5) is 11.1. The van der Waals surface area contributed by atoms with Crippen LogP contribution in [-0.2, 0) is 0 Å². The molecule has 0 fully saturated rings. The van der Waals surface area contributed by atoms with Crippen LogP contribution in [0.3, 0.4) is 0 Å². The van der Waals surface area contributed by atoms with E-state index in [9.17, 15) is 0 Å². The Balaban J connectivity index is 3.07. The Morgan fingerprint density at radius 3 is 2.53 bits per heavy atom. The first kappa shape index (κ1) is 13.7. The van der Waals surface area contributed by atoms with Gasteiger partial charge in [-0.15, -0.1) is 0 Å². The van der Waals surface area contributed by atoms with E-state index in [1.807, 2.05) is 20.0 Å². The molecule has 0 aliphatic heterocycles. The number of aryl methyl sites for hydroxylation is 1. The zero-order valence-electron chi connectivity index (χ0n) is 11.8. The molecule has 0 saturated heterocycles. The molecule has 17 heavy (non-hydrogen) atoms. The largest absolute Gasteiger partial charge is 0.354 e. The average molecular weight is 236 g/mol. The molecule has 0 bridgehead atoms. The molecule has 0 spiro atoms. The van der Waals surface area contributed by atoms with Crippen molar-refractivity contribution in [3.63, 3.8) is 0 Å². The molecule has 0 aliphatic carbocycles. The zero-order valence-corrected chi connectivity index (χ0v) is 11.8. The summed E-state index contributed by atoms with van der Waals surface area (Å²) in [5, 5.41) is 3.15. The van der Waals surface area contributed by atoms with Crippen LogP contribution in [0.4, 0.5) is 11.8 Å². The van der Waals surface area contributed by atoms with Gasteiger partial charge in [-0.25, -0.2) is 4.98 Å². The molecule has 4 heteroatoms. The molecule has 1 rings (SSSR count). The van der Waals surface area contributed by atoms with E-state index in [2.05, 4.69) is 48.0 Å². The highest BCUT2D eigenvalue weighted by Gasteiger charge is 2.24. The van der Waals surface area contributed by atoms with Crippen molar-refractivity contribution >= 4 is 11.8 Å². The fourth-order valence-corrected chi connectivity index (χ4v) is 1.54. The first-order chi connectivity index (χ1) is 7.92. The van der Waals surface area contributed by atoms with Crippen LogP contribution in [-0.4, -0.2) is 29.1 Å². The monoisotopic (exact) mass is 236 g/mol. The van der Waals surface area contributed by atoms with Gasteiger partial charge in [0.05, 0.1) is 0 Å². The Morgan fingerprint density at radius 1 is 1.35 bits per heavy atom. The summed E-state index contributed by atoms with van der Waals surface area (Å²) in [6, 6.07) is 0. The van der Waals surface area contributed by atoms with Crippen molar-refractivity contribution in [3.8, 4) is 0 Å². The summed E-state index contributed by atoms with van der Waals surface area (Å²) in [7, 11) is 2.09. The van der Waals surface area contributed by atoms with Crippen LogP contribution >= 0.6 is 0 Å². The molecule has 0 atom stereocenters. The van der Waals surface area contributed by atoms with Crippen molar-refractivity contribution < 1.29 is 0 Å². The van der Waals surface area contributed by atoms with Gasteiger partial charge in [0.1, 0.15) is 5.82 Å². The highest BCUT2D eigenvalue weighted by atomic mass is 15.2. The molecule has 1 aromatic heterocycles. The third-order valence-electron chi connectivity index (χ3n) is 3.37. The van der Waals surface area contributed by atoms with Crippen LogP contribution < -0.4 is 10.2 Å². The second kappa shape index (κ2) is 5.34. The summed E-state index contributed by atoms with van der Waals surface area (Å²) in [6.45, 7) is 11.6. The number of hydrogen-bond acceptors (Lipinski definition) is 4. The Morgan fingerprint density at radius 2 is 2.00 bits per heavy atom. The molecule has 1 heterocycles. The maximum absolute atomic E-state index is 4.58. The second-order valence-corrected chi connectivity index (χ2v) is 4.96. The Kier molecular flexibility index (Phi) is 4.32. The van der Waals surface area contributed by atoms with Gasteiger partial charge >= 0.3 is 0 Å². The van der Waals surface area contributed by atoms with Crippen molar-refractivity contribution in [1.29, 1.82) is 0 Å². The van der Waals surface area contributed by atoms with Gasteiger partial charge in [0.15, 0.2) is 0 Å². The van der Waals surface area contributed by atoms with Gasteiger partial charge < -0.3 is 10.2 Å². The summed E-state index contributed by atoms with van der Waals surface area (Å²) < 4.78 is 0. The van der Waals surface area contributed by atoms with Gasteiger partial charge in [-0.05, 0) is 34.1 Å². The summed E-state index contributed by atoms with van der Waals surface area (Å²) in [6.07, 6.45) is 2.95. The van der Waals surface area contributed by atoms with E-state index in [0.717, 1.165) is 24.3 Å². The van der Waals surface area contributed by atoms with Gasteiger partial charge in [0, 0.05) is 30.9 Å². The predicted octanol–water partition coefficient (Wildman–Crippen LogP) is 2.84. The zero-order chi connectivity index (χ0) is 13.1. The molecule has 1 N–H and O–H groups in total. The Bertz CT molecular complexity index is 374. The van der Waals surface area contributed by atoms with Crippen molar-refractivity contribution in [2.45, 2.75) is 46.6 Å². The van der Waals surface area contributed by atoms with Crippen molar-refractivity contribution in [2.24, 2.45) is 0 Å². The quantitative estimate of drug-likeness (QED) is 0.853. The van der Waals surface area contributed by atoms with Crippen LogP contribution in [0.2, 0.25) is 0 Å². The highest BCUT2D eigenvalue weighted by molar-refractivity contribution is 5.50.